The Kier molecular flexibility index (Phi) is 6.96. The molecule has 1 aromatic rings. The molecule has 0 aliphatic carbocycles. The Balaban J connectivity index is 3.12. The van der Waals surface area contributed by atoms with Crippen molar-refractivity contribution < 1.29 is 9.53 Å². The highest BCUT2D eigenvalue weighted by Gasteiger charge is 2.31. The Labute approximate surface area is 132 Å². The smallest absolute Gasteiger partial charge is 0.339 e. The molecule has 0 radical (unpaired) electrons. The van der Waals surface area contributed by atoms with Gasteiger partial charge in [0.25, 0.3) is 0 Å². The van der Waals surface area contributed by atoms with E-state index in [2.05, 4.69) is 24.9 Å². The Hall–Kier alpha value is -1.28. The van der Waals surface area contributed by atoms with E-state index >= 15 is 0 Å². The van der Waals surface area contributed by atoms with E-state index in [4.69, 9.17) is 22.1 Å². The summed E-state index contributed by atoms with van der Waals surface area (Å²) in [7, 11) is -0.706. The lowest BCUT2D eigenvalue weighted by molar-refractivity contribution is 0.0600. The monoisotopic (exact) mass is 323 g/mol. The first kappa shape index (κ1) is 17.8. The maximum absolute atomic E-state index is 11.7. The van der Waals surface area contributed by atoms with Gasteiger partial charge in [-0.2, -0.15) is 0 Å². The molecular formula is C16H22ClNO2Si. The fourth-order valence-corrected chi connectivity index (χ4v) is 4.44. The molecule has 5 heteroatoms. The number of carbonyl (C=O) groups is 1. The van der Waals surface area contributed by atoms with Crippen LogP contribution in [0.15, 0.2) is 24.3 Å². The molecule has 21 heavy (non-hydrogen) atoms. The third-order valence-corrected chi connectivity index (χ3v) is 8.22. The fourth-order valence-electron chi connectivity index (χ4n) is 1.90. The zero-order chi connectivity index (χ0) is 15.9. The minimum atomic E-state index is -2.07. The van der Waals surface area contributed by atoms with Crippen molar-refractivity contribution in [3.8, 4) is 11.5 Å². The third-order valence-electron chi connectivity index (χ3n) is 3.47. The standard InChI is InChI=1S/C16H22ClNO2Si/c1-4-5-11-21(3,16(17)18)12-10-13-8-6-7-9-14(13)15(19)20-2/h6-9,16H,4-5,11,18H2,1-3H3. The number of esters is 1. The van der Waals surface area contributed by atoms with E-state index in [0.717, 1.165) is 18.9 Å². The minimum absolute atomic E-state index is 0.382. The highest BCUT2D eigenvalue weighted by molar-refractivity contribution is 6.92. The molecule has 0 aliphatic rings. The molecule has 0 heterocycles. The summed E-state index contributed by atoms with van der Waals surface area (Å²) in [6.07, 6.45) is 2.16. The molecule has 1 rings (SSSR count). The van der Waals surface area contributed by atoms with Gasteiger partial charge in [-0.3, -0.25) is 0 Å². The van der Waals surface area contributed by atoms with Gasteiger partial charge in [0, 0.05) is 5.56 Å². The largest absolute Gasteiger partial charge is 0.465 e. The number of unbranched alkanes of at least 4 members (excludes halogenated alkanes) is 1. The highest BCUT2D eigenvalue weighted by Crippen LogP contribution is 2.19. The van der Waals surface area contributed by atoms with Gasteiger partial charge in [-0.15, -0.1) is 17.1 Å². The molecule has 0 aromatic heterocycles. The lowest BCUT2D eigenvalue weighted by atomic mass is 10.1. The van der Waals surface area contributed by atoms with Crippen molar-refractivity contribution >= 4 is 25.6 Å². The Morgan fingerprint density at radius 1 is 1.48 bits per heavy atom. The number of alkyl halides is 1. The second-order valence-corrected chi connectivity index (χ2v) is 10.3. The normalized spacial score (nSPS) is 14.5. The third kappa shape index (κ3) is 4.89. The van der Waals surface area contributed by atoms with Crippen LogP contribution in [0.3, 0.4) is 0 Å². The number of nitrogens with two attached hydrogens (primary N) is 1. The van der Waals surface area contributed by atoms with Crippen molar-refractivity contribution in [2.45, 2.75) is 37.5 Å². The van der Waals surface area contributed by atoms with Crippen LogP contribution in [0.4, 0.5) is 0 Å². The Morgan fingerprint density at radius 3 is 2.71 bits per heavy atom. The van der Waals surface area contributed by atoms with Crippen LogP contribution in [-0.4, -0.2) is 26.3 Å². The van der Waals surface area contributed by atoms with E-state index < -0.39 is 13.2 Å². The van der Waals surface area contributed by atoms with Crippen LogP contribution >= 0.6 is 11.6 Å². The van der Waals surface area contributed by atoms with E-state index in [1.54, 1.807) is 12.1 Å². The van der Waals surface area contributed by atoms with Crippen molar-refractivity contribution in [2.75, 3.05) is 7.11 Å². The summed E-state index contributed by atoms with van der Waals surface area (Å²) in [5.41, 5.74) is 10.4. The maximum atomic E-state index is 11.7. The van der Waals surface area contributed by atoms with Crippen LogP contribution in [0.5, 0.6) is 0 Å². The number of rotatable bonds is 5. The van der Waals surface area contributed by atoms with Gasteiger partial charge in [-0.25, -0.2) is 4.79 Å². The van der Waals surface area contributed by atoms with Gasteiger partial charge in [0.05, 0.1) is 17.8 Å². The van der Waals surface area contributed by atoms with E-state index in [1.165, 1.54) is 7.11 Å². The molecule has 3 nitrogen and oxygen atoms in total. The second-order valence-electron chi connectivity index (χ2n) is 5.21. The zero-order valence-corrected chi connectivity index (χ0v) is 14.5. The molecule has 2 unspecified atom stereocenters. The van der Waals surface area contributed by atoms with Gasteiger partial charge >= 0.3 is 5.97 Å². The maximum Gasteiger partial charge on any atom is 0.339 e. The van der Waals surface area contributed by atoms with Gasteiger partial charge in [0.15, 0.2) is 8.07 Å². The molecular weight excluding hydrogens is 302 g/mol. The first-order valence-corrected chi connectivity index (χ1v) is 10.3. The predicted octanol–water partition coefficient (Wildman–Crippen LogP) is 3.31. The molecule has 0 bridgehead atoms. The van der Waals surface area contributed by atoms with Crippen molar-refractivity contribution in [3.05, 3.63) is 35.4 Å². The molecule has 0 amide bonds. The highest BCUT2D eigenvalue weighted by atomic mass is 35.5. The summed E-state index contributed by atoms with van der Waals surface area (Å²) in [6.45, 7) is 4.22. The number of ether oxygens (including phenoxy) is 1. The first-order chi connectivity index (χ1) is 9.94. The number of methoxy groups -OCH3 is 1. The average Bonchev–Trinajstić information content (AvgIpc) is 2.50. The molecule has 0 fully saturated rings. The van der Waals surface area contributed by atoms with E-state index in [0.29, 0.717) is 11.1 Å². The summed E-state index contributed by atoms with van der Waals surface area (Å²) in [5, 5.41) is -0.415. The van der Waals surface area contributed by atoms with Gasteiger partial charge in [0.2, 0.25) is 0 Å². The van der Waals surface area contributed by atoms with Crippen LogP contribution in [0.1, 0.15) is 35.7 Å². The fraction of sp³-hybridized carbons (Fsp3) is 0.438. The van der Waals surface area contributed by atoms with Gasteiger partial charge in [-0.1, -0.05) is 44.4 Å². The SMILES string of the molecule is CCCC[Si](C)(C#Cc1ccccc1C(=O)OC)C(N)Cl. The van der Waals surface area contributed by atoms with Crippen LogP contribution in [0.2, 0.25) is 12.6 Å². The first-order valence-electron chi connectivity index (χ1n) is 7.04. The Bertz CT molecular complexity index is 551. The summed E-state index contributed by atoms with van der Waals surface area (Å²) >= 11 is 6.16. The van der Waals surface area contributed by atoms with E-state index in [1.807, 2.05) is 12.1 Å². The lowest BCUT2D eigenvalue weighted by Crippen LogP contribution is -2.45. The number of benzene rings is 1. The lowest BCUT2D eigenvalue weighted by Gasteiger charge is -2.23. The summed E-state index contributed by atoms with van der Waals surface area (Å²) < 4.78 is 4.78. The van der Waals surface area contributed by atoms with E-state index in [-0.39, 0.29) is 5.97 Å². The number of hydrogen-bond donors (Lipinski definition) is 1. The van der Waals surface area contributed by atoms with Gasteiger partial charge < -0.3 is 10.5 Å². The average molecular weight is 324 g/mol. The predicted molar refractivity (Wildman–Crippen MR) is 89.8 cm³/mol. The Morgan fingerprint density at radius 2 is 2.14 bits per heavy atom. The number of carbonyl (C=O) groups excluding carboxylic acids is 1. The summed E-state index contributed by atoms with van der Waals surface area (Å²) in [6, 6.07) is 8.12. The molecule has 0 saturated heterocycles. The van der Waals surface area contributed by atoms with Crippen LogP contribution in [-0.2, 0) is 4.74 Å². The second kappa shape index (κ2) is 8.23. The zero-order valence-electron chi connectivity index (χ0n) is 12.8. The van der Waals surface area contributed by atoms with Crippen LogP contribution in [0, 0.1) is 11.5 Å². The minimum Gasteiger partial charge on any atom is -0.465 e. The molecule has 0 saturated carbocycles. The van der Waals surface area contributed by atoms with Crippen LogP contribution < -0.4 is 5.73 Å². The van der Waals surface area contributed by atoms with Crippen molar-refractivity contribution in [3.63, 3.8) is 0 Å². The molecule has 2 atom stereocenters. The van der Waals surface area contributed by atoms with Crippen molar-refractivity contribution in [2.24, 2.45) is 5.73 Å². The quantitative estimate of drug-likeness (QED) is 0.297. The molecule has 1 aromatic carbocycles. The van der Waals surface area contributed by atoms with Crippen LogP contribution in [0.25, 0.3) is 0 Å². The summed E-state index contributed by atoms with van der Waals surface area (Å²) in [5.74, 6) is 2.72. The molecule has 2 N–H and O–H groups in total. The van der Waals surface area contributed by atoms with E-state index in [9.17, 15) is 4.79 Å². The van der Waals surface area contributed by atoms with Crippen molar-refractivity contribution in [1.29, 1.82) is 0 Å². The van der Waals surface area contributed by atoms with Crippen molar-refractivity contribution in [1.82, 2.24) is 0 Å². The molecule has 114 valence electrons. The number of halogens is 1. The van der Waals surface area contributed by atoms with Gasteiger partial charge in [-0.05, 0) is 18.2 Å². The number of hydrogen-bond acceptors (Lipinski definition) is 3. The topological polar surface area (TPSA) is 52.3 Å². The molecule has 0 aliphatic heterocycles. The molecule has 0 spiro atoms. The van der Waals surface area contributed by atoms with Gasteiger partial charge in [0.1, 0.15) is 0 Å². The summed E-state index contributed by atoms with van der Waals surface area (Å²) in [4.78, 5) is 11.7.